The van der Waals surface area contributed by atoms with E-state index in [4.69, 9.17) is 21.3 Å². The minimum absolute atomic E-state index is 0.146. The van der Waals surface area contributed by atoms with Crippen LogP contribution in [0, 0.1) is 6.92 Å². The van der Waals surface area contributed by atoms with E-state index in [9.17, 15) is 0 Å². The van der Waals surface area contributed by atoms with Crippen LogP contribution < -0.4 is 11.2 Å². The number of nitrogens with zero attached hydrogens (tertiary/aromatic N) is 3. The second kappa shape index (κ2) is 4.70. The van der Waals surface area contributed by atoms with Gasteiger partial charge in [0.1, 0.15) is 0 Å². The zero-order chi connectivity index (χ0) is 11.4. The van der Waals surface area contributed by atoms with Crippen molar-refractivity contribution in [3.8, 4) is 0 Å². The van der Waals surface area contributed by atoms with E-state index in [1.807, 2.05) is 0 Å². The van der Waals surface area contributed by atoms with Crippen molar-refractivity contribution < 1.29 is 10.0 Å². The van der Waals surface area contributed by atoms with Crippen LogP contribution in [0.4, 0.5) is 5.69 Å². The molecule has 0 saturated heterocycles. The summed E-state index contributed by atoms with van der Waals surface area (Å²) in [6.45, 7) is 1.86. The molecule has 7 heteroatoms. The van der Waals surface area contributed by atoms with Crippen LogP contribution in [0.3, 0.4) is 0 Å². The smallest absolute Gasteiger partial charge is 0.423 e. The minimum atomic E-state index is -1.57. The fourth-order valence-corrected chi connectivity index (χ4v) is 1.36. The third-order valence-corrected chi connectivity index (χ3v) is 2.16. The number of nitrogens with two attached hydrogens (primary N) is 1. The predicted molar refractivity (Wildman–Crippen MR) is 58.3 cm³/mol. The van der Waals surface area contributed by atoms with Crippen LogP contribution in [0.5, 0.6) is 0 Å². The molecule has 4 N–H and O–H groups in total. The van der Waals surface area contributed by atoms with Crippen molar-refractivity contribution in [2.45, 2.75) is 13.5 Å². The Kier molecular flexibility index (Phi) is 3.57. The Hall–Kier alpha value is -1.69. The van der Waals surface area contributed by atoms with Crippen molar-refractivity contribution in [2.75, 3.05) is 5.73 Å². The van der Waals surface area contributed by atoms with Crippen molar-refractivity contribution in [1.29, 1.82) is 0 Å². The summed E-state index contributed by atoms with van der Waals surface area (Å²) >= 11 is 0. The molecule has 1 rings (SSSR count). The zero-order valence-corrected chi connectivity index (χ0v) is 8.25. The Morgan fingerprint density at radius 1 is 1.53 bits per heavy atom. The molecule has 0 aliphatic rings. The van der Waals surface area contributed by atoms with Gasteiger partial charge in [0.15, 0.2) is 0 Å². The molecule has 0 amide bonds. The summed E-state index contributed by atoms with van der Waals surface area (Å²) in [6, 6.07) is 3.13. The summed E-state index contributed by atoms with van der Waals surface area (Å²) < 4.78 is 0. The summed E-state index contributed by atoms with van der Waals surface area (Å²) in [5, 5.41) is 21.6. The molecular weight excluding hydrogens is 195 g/mol. The van der Waals surface area contributed by atoms with Gasteiger partial charge < -0.3 is 15.8 Å². The van der Waals surface area contributed by atoms with Crippen molar-refractivity contribution in [1.82, 2.24) is 0 Å². The molecule has 1 aromatic carbocycles. The number of nitrogen functional groups attached to an aromatic ring is 1. The van der Waals surface area contributed by atoms with Gasteiger partial charge in [0.25, 0.3) is 0 Å². The van der Waals surface area contributed by atoms with Crippen LogP contribution in [-0.2, 0) is 6.54 Å². The molecule has 0 atom stereocenters. The zero-order valence-electron chi connectivity index (χ0n) is 8.25. The topological polar surface area (TPSA) is 115 Å². The van der Waals surface area contributed by atoms with Crippen molar-refractivity contribution >= 4 is 18.3 Å². The molecular formula is C8H11BN4O2. The molecule has 6 nitrogen and oxygen atoms in total. The van der Waals surface area contributed by atoms with Crippen molar-refractivity contribution in [3.63, 3.8) is 0 Å². The number of azide groups is 1. The fraction of sp³-hybridized carbons (Fsp3) is 0.250. The first-order valence-electron chi connectivity index (χ1n) is 4.32. The van der Waals surface area contributed by atoms with Crippen molar-refractivity contribution in [2.24, 2.45) is 5.11 Å². The van der Waals surface area contributed by atoms with Crippen LogP contribution in [0.15, 0.2) is 17.2 Å². The van der Waals surface area contributed by atoms with Crippen molar-refractivity contribution in [3.05, 3.63) is 33.7 Å². The van der Waals surface area contributed by atoms with Gasteiger partial charge in [0.2, 0.25) is 0 Å². The molecule has 78 valence electrons. The highest BCUT2D eigenvalue weighted by molar-refractivity contribution is 6.59. The molecule has 0 aliphatic carbocycles. The third kappa shape index (κ3) is 2.63. The Morgan fingerprint density at radius 3 is 2.73 bits per heavy atom. The maximum absolute atomic E-state index is 9.08. The second-order valence-electron chi connectivity index (χ2n) is 3.16. The lowest BCUT2D eigenvalue weighted by atomic mass is 9.76. The van der Waals surface area contributed by atoms with Gasteiger partial charge in [-0.3, -0.25) is 0 Å². The second-order valence-corrected chi connectivity index (χ2v) is 3.16. The molecule has 15 heavy (non-hydrogen) atoms. The van der Waals surface area contributed by atoms with E-state index in [-0.39, 0.29) is 6.54 Å². The molecule has 0 aliphatic heterocycles. The number of benzene rings is 1. The average molecular weight is 206 g/mol. The summed E-state index contributed by atoms with van der Waals surface area (Å²) in [5.41, 5.74) is 15.9. The van der Waals surface area contributed by atoms with E-state index in [0.29, 0.717) is 22.3 Å². The Bertz CT molecular complexity index is 415. The van der Waals surface area contributed by atoms with Gasteiger partial charge >= 0.3 is 7.12 Å². The van der Waals surface area contributed by atoms with Gasteiger partial charge in [-0.2, -0.15) is 0 Å². The molecule has 0 aromatic heterocycles. The highest BCUT2D eigenvalue weighted by Gasteiger charge is 2.16. The Balaban J connectivity index is 3.21. The molecule has 0 unspecified atom stereocenters. The lowest BCUT2D eigenvalue weighted by molar-refractivity contribution is 0.425. The number of rotatable bonds is 3. The highest BCUT2D eigenvalue weighted by Crippen LogP contribution is 2.12. The molecule has 1 aromatic rings. The van der Waals surface area contributed by atoms with Gasteiger partial charge in [0, 0.05) is 10.6 Å². The van der Waals surface area contributed by atoms with Crippen LogP contribution in [0.2, 0.25) is 0 Å². The van der Waals surface area contributed by atoms with Crippen LogP contribution in [0.1, 0.15) is 11.1 Å². The number of anilines is 1. The summed E-state index contributed by atoms with van der Waals surface area (Å²) in [6.07, 6.45) is 0. The molecule has 0 fully saturated rings. The largest absolute Gasteiger partial charge is 0.488 e. The minimum Gasteiger partial charge on any atom is -0.423 e. The summed E-state index contributed by atoms with van der Waals surface area (Å²) in [4.78, 5) is 2.64. The fourth-order valence-electron chi connectivity index (χ4n) is 1.36. The van der Waals surface area contributed by atoms with Crippen LogP contribution in [-0.4, -0.2) is 17.2 Å². The first-order chi connectivity index (χ1) is 7.06. The number of hydrogen-bond donors (Lipinski definition) is 3. The monoisotopic (exact) mass is 206 g/mol. The van der Waals surface area contributed by atoms with Gasteiger partial charge in [-0.05, 0) is 41.2 Å². The van der Waals surface area contributed by atoms with E-state index in [0.717, 1.165) is 0 Å². The molecule has 0 bridgehead atoms. The van der Waals surface area contributed by atoms with E-state index in [1.165, 1.54) is 6.07 Å². The Morgan fingerprint density at radius 2 is 2.20 bits per heavy atom. The average Bonchev–Trinajstić information content (AvgIpc) is 2.18. The summed E-state index contributed by atoms with van der Waals surface area (Å²) in [5.74, 6) is 0. The van der Waals surface area contributed by atoms with Gasteiger partial charge in [-0.25, -0.2) is 0 Å². The molecule has 0 radical (unpaired) electrons. The number of hydrogen-bond acceptors (Lipinski definition) is 4. The van der Waals surface area contributed by atoms with Crippen LogP contribution in [0.25, 0.3) is 10.4 Å². The lowest BCUT2D eigenvalue weighted by Crippen LogP contribution is -2.33. The van der Waals surface area contributed by atoms with Crippen LogP contribution >= 0.6 is 0 Å². The third-order valence-electron chi connectivity index (χ3n) is 2.16. The molecule has 0 saturated carbocycles. The first kappa shape index (κ1) is 11.4. The quantitative estimate of drug-likeness (QED) is 0.213. The maximum atomic E-state index is 9.08. The van der Waals surface area contributed by atoms with Gasteiger partial charge in [-0.1, -0.05) is 5.11 Å². The molecule has 0 spiro atoms. The van der Waals surface area contributed by atoms with E-state index >= 15 is 0 Å². The highest BCUT2D eigenvalue weighted by atomic mass is 16.4. The SMILES string of the molecule is Cc1c(CN=[N+]=[N-])cc(N)cc1B(O)O. The normalized spacial score (nSPS) is 9.53. The van der Waals surface area contributed by atoms with E-state index < -0.39 is 7.12 Å². The Labute approximate surface area is 87.1 Å². The van der Waals surface area contributed by atoms with Gasteiger partial charge in [0.05, 0.1) is 6.54 Å². The first-order valence-corrected chi connectivity index (χ1v) is 4.32. The molecule has 0 heterocycles. The lowest BCUT2D eigenvalue weighted by Gasteiger charge is -2.10. The maximum Gasteiger partial charge on any atom is 0.488 e. The summed E-state index contributed by atoms with van der Waals surface area (Å²) in [7, 11) is -1.57. The predicted octanol–water partition coefficient (Wildman–Crippen LogP) is 0.0673. The van der Waals surface area contributed by atoms with Gasteiger partial charge in [-0.15, -0.1) is 0 Å². The van der Waals surface area contributed by atoms with E-state index in [1.54, 1.807) is 13.0 Å². The van der Waals surface area contributed by atoms with E-state index in [2.05, 4.69) is 10.0 Å². The standard InChI is InChI=1S/C8H11BN4O2/c1-5-6(4-12-13-11)2-7(10)3-8(5)9(14)15/h2-3,14-15H,4,10H2,1H3.